The molecule has 0 unspecified atom stereocenters. The molecule has 1 aliphatic rings. The number of methoxy groups -OCH3 is 2. The fraction of sp³-hybridized carbons (Fsp3) is 0.769. The van der Waals surface area contributed by atoms with Crippen molar-refractivity contribution in [3.8, 4) is 0 Å². The Bertz CT molecular complexity index is 268. The second-order valence-electron chi connectivity index (χ2n) is 5.02. The fourth-order valence-corrected chi connectivity index (χ4v) is 2.41. The van der Waals surface area contributed by atoms with E-state index in [9.17, 15) is 4.79 Å². The van der Waals surface area contributed by atoms with E-state index in [1.165, 1.54) is 7.11 Å². The lowest BCUT2D eigenvalue weighted by atomic mass is 9.71. The van der Waals surface area contributed by atoms with Gasteiger partial charge in [0.1, 0.15) is 0 Å². The zero-order chi connectivity index (χ0) is 12.2. The second kappa shape index (κ2) is 5.48. The summed E-state index contributed by atoms with van der Waals surface area (Å²) in [7, 11) is 3.11. The molecule has 0 fully saturated rings. The predicted octanol–water partition coefficient (Wildman–Crippen LogP) is 2.56. The molecule has 0 N–H and O–H groups in total. The molecular weight excluding hydrogens is 204 g/mol. The van der Waals surface area contributed by atoms with Crippen molar-refractivity contribution in [2.45, 2.75) is 39.2 Å². The summed E-state index contributed by atoms with van der Waals surface area (Å²) in [5.41, 5.74) is -0.120. The molecule has 0 aromatic carbocycles. The Kier molecular flexibility index (Phi) is 4.54. The Morgan fingerprint density at radius 2 is 2.00 bits per heavy atom. The van der Waals surface area contributed by atoms with Crippen LogP contribution in [-0.2, 0) is 14.3 Å². The number of ether oxygens (including phenoxy) is 2. The molecule has 0 bridgehead atoms. The first kappa shape index (κ1) is 13.2. The van der Waals surface area contributed by atoms with Crippen LogP contribution in [0.2, 0.25) is 0 Å². The van der Waals surface area contributed by atoms with Gasteiger partial charge in [0.05, 0.1) is 19.1 Å². The van der Waals surface area contributed by atoms with Gasteiger partial charge in [-0.1, -0.05) is 26.0 Å². The van der Waals surface area contributed by atoms with E-state index in [4.69, 9.17) is 9.47 Å². The van der Waals surface area contributed by atoms with Crippen molar-refractivity contribution < 1.29 is 14.3 Å². The van der Waals surface area contributed by atoms with E-state index in [0.29, 0.717) is 0 Å². The Hall–Kier alpha value is -0.830. The molecule has 0 amide bonds. The zero-order valence-electron chi connectivity index (χ0n) is 10.7. The summed E-state index contributed by atoms with van der Waals surface area (Å²) < 4.78 is 10.4. The molecule has 1 aliphatic carbocycles. The van der Waals surface area contributed by atoms with Crippen molar-refractivity contribution in [3.63, 3.8) is 0 Å². The number of carbonyl (C=O) groups is 1. The quantitative estimate of drug-likeness (QED) is 0.536. The number of allylic oxidation sites excluding steroid dienone is 2. The molecule has 0 radical (unpaired) electrons. The van der Waals surface area contributed by atoms with Gasteiger partial charge >= 0.3 is 5.97 Å². The van der Waals surface area contributed by atoms with Crippen LogP contribution in [0.4, 0.5) is 0 Å². The van der Waals surface area contributed by atoms with E-state index >= 15 is 0 Å². The van der Waals surface area contributed by atoms with Crippen LogP contribution in [-0.4, -0.2) is 26.3 Å². The van der Waals surface area contributed by atoms with Gasteiger partial charge in [-0.15, -0.1) is 0 Å². The Morgan fingerprint density at radius 1 is 1.31 bits per heavy atom. The van der Waals surface area contributed by atoms with Crippen molar-refractivity contribution in [2.24, 2.45) is 11.3 Å². The molecular formula is C13H22O3. The third-order valence-corrected chi connectivity index (χ3v) is 3.40. The summed E-state index contributed by atoms with van der Waals surface area (Å²) in [5.74, 6) is -0.348. The third kappa shape index (κ3) is 2.85. The molecule has 16 heavy (non-hydrogen) atoms. The molecule has 0 aromatic heterocycles. The highest BCUT2D eigenvalue weighted by Crippen LogP contribution is 2.38. The van der Waals surface area contributed by atoms with Gasteiger partial charge in [0.25, 0.3) is 0 Å². The van der Waals surface area contributed by atoms with E-state index in [1.807, 2.05) is 0 Å². The van der Waals surface area contributed by atoms with Crippen molar-refractivity contribution in [2.75, 3.05) is 14.2 Å². The molecule has 0 heterocycles. The highest BCUT2D eigenvalue weighted by molar-refractivity contribution is 5.74. The van der Waals surface area contributed by atoms with Gasteiger partial charge in [-0.25, -0.2) is 0 Å². The topological polar surface area (TPSA) is 35.5 Å². The molecule has 2 atom stereocenters. The monoisotopic (exact) mass is 226 g/mol. The van der Waals surface area contributed by atoms with Crippen LogP contribution in [0.25, 0.3) is 0 Å². The lowest BCUT2D eigenvalue weighted by Crippen LogP contribution is -2.42. The van der Waals surface area contributed by atoms with Crippen LogP contribution >= 0.6 is 0 Å². The van der Waals surface area contributed by atoms with Gasteiger partial charge in [0.2, 0.25) is 0 Å². The van der Waals surface area contributed by atoms with Crippen LogP contribution in [0.15, 0.2) is 12.2 Å². The van der Waals surface area contributed by atoms with Gasteiger partial charge in [-0.2, -0.15) is 0 Å². The van der Waals surface area contributed by atoms with Crippen LogP contribution in [0, 0.1) is 11.3 Å². The standard InChI is InChI=1S/C13H22O3/c1-13(2)9-7-5-6-8-10(15-3)11(13)12(14)16-4/h5,7,10-11H,6,8-9H2,1-4H3/b7-5-/t10-,11+/m1/s1. The second-order valence-corrected chi connectivity index (χ2v) is 5.02. The molecule has 1 rings (SSSR count). The summed E-state index contributed by atoms with van der Waals surface area (Å²) >= 11 is 0. The molecule has 0 aromatic rings. The van der Waals surface area contributed by atoms with Gasteiger partial charge in [-0.3, -0.25) is 4.79 Å². The maximum absolute atomic E-state index is 11.9. The largest absolute Gasteiger partial charge is 0.469 e. The zero-order valence-corrected chi connectivity index (χ0v) is 10.7. The minimum Gasteiger partial charge on any atom is -0.469 e. The van der Waals surface area contributed by atoms with Crippen LogP contribution < -0.4 is 0 Å². The highest BCUT2D eigenvalue weighted by atomic mass is 16.5. The molecule has 0 aliphatic heterocycles. The maximum Gasteiger partial charge on any atom is 0.311 e. The van der Waals surface area contributed by atoms with Gasteiger partial charge < -0.3 is 9.47 Å². The summed E-state index contributed by atoms with van der Waals surface area (Å²) in [6.45, 7) is 4.19. The van der Waals surface area contributed by atoms with Crippen molar-refractivity contribution in [3.05, 3.63) is 12.2 Å². The maximum atomic E-state index is 11.9. The minimum absolute atomic E-state index is 0.0487. The average Bonchev–Trinajstić information content (AvgIpc) is 2.23. The van der Waals surface area contributed by atoms with Crippen molar-refractivity contribution in [1.82, 2.24) is 0 Å². The minimum atomic E-state index is -0.188. The third-order valence-electron chi connectivity index (χ3n) is 3.40. The number of esters is 1. The van der Waals surface area contributed by atoms with Crippen LogP contribution in [0.3, 0.4) is 0 Å². The molecule has 0 saturated heterocycles. The number of rotatable bonds is 2. The van der Waals surface area contributed by atoms with Crippen LogP contribution in [0.5, 0.6) is 0 Å². The summed E-state index contributed by atoms with van der Waals surface area (Å²) in [5, 5.41) is 0. The summed E-state index contributed by atoms with van der Waals surface area (Å²) in [4.78, 5) is 11.9. The van der Waals surface area contributed by atoms with Crippen molar-refractivity contribution >= 4 is 5.97 Å². The molecule has 0 spiro atoms. The smallest absolute Gasteiger partial charge is 0.311 e. The molecule has 3 nitrogen and oxygen atoms in total. The molecule has 3 heteroatoms. The van der Waals surface area contributed by atoms with Gasteiger partial charge in [0, 0.05) is 7.11 Å². The normalized spacial score (nSPS) is 31.2. The van der Waals surface area contributed by atoms with E-state index in [2.05, 4.69) is 26.0 Å². The van der Waals surface area contributed by atoms with E-state index in [1.54, 1.807) is 7.11 Å². The van der Waals surface area contributed by atoms with E-state index < -0.39 is 0 Å². The summed E-state index contributed by atoms with van der Waals surface area (Å²) in [6, 6.07) is 0. The lowest BCUT2D eigenvalue weighted by Gasteiger charge is -2.37. The molecule has 0 saturated carbocycles. The van der Waals surface area contributed by atoms with Gasteiger partial charge in [0.15, 0.2) is 0 Å². The Balaban J connectivity index is 2.98. The first-order chi connectivity index (χ1) is 7.53. The first-order valence-electron chi connectivity index (χ1n) is 5.78. The highest BCUT2D eigenvalue weighted by Gasteiger charge is 2.41. The number of hydrogen-bond acceptors (Lipinski definition) is 3. The fourth-order valence-electron chi connectivity index (χ4n) is 2.41. The number of carbonyl (C=O) groups excluding carboxylic acids is 1. The summed E-state index contributed by atoms with van der Waals surface area (Å²) in [6.07, 6.45) is 6.99. The van der Waals surface area contributed by atoms with Gasteiger partial charge in [-0.05, 0) is 24.7 Å². The SMILES string of the molecule is COC(=O)[C@@H]1[C@H](OC)CC/C=C\CC1(C)C. The number of hydrogen-bond donors (Lipinski definition) is 0. The Labute approximate surface area is 97.8 Å². The van der Waals surface area contributed by atoms with Crippen LogP contribution in [0.1, 0.15) is 33.1 Å². The molecule has 92 valence electrons. The van der Waals surface area contributed by atoms with Crippen molar-refractivity contribution in [1.29, 1.82) is 0 Å². The van der Waals surface area contributed by atoms with E-state index in [-0.39, 0.29) is 23.4 Å². The average molecular weight is 226 g/mol. The predicted molar refractivity (Wildman–Crippen MR) is 63.1 cm³/mol. The first-order valence-corrected chi connectivity index (χ1v) is 5.78. The van der Waals surface area contributed by atoms with E-state index in [0.717, 1.165) is 19.3 Å². The Morgan fingerprint density at radius 3 is 2.56 bits per heavy atom. The lowest BCUT2D eigenvalue weighted by molar-refractivity contribution is -0.157.